The molecule has 7 heterocycles. The van der Waals surface area contributed by atoms with Crippen molar-refractivity contribution in [1.29, 1.82) is 0 Å². The lowest BCUT2D eigenvalue weighted by atomic mass is 10.0. The van der Waals surface area contributed by atoms with E-state index in [2.05, 4.69) is 27.3 Å². The Balaban J connectivity index is 0.000000436. The number of ether oxygens (including phenoxy) is 12. The van der Waals surface area contributed by atoms with Crippen LogP contribution in [0.1, 0.15) is 210 Å². The molecule has 0 bridgehead atoms. The third-order valence-electron chi connectivity index (χ3n) is 13.9. The summed E-state index contributed by atoms with van der Waals surface area (Å²) in [5, 5.41) is 43.3. The third kappa shape index (κ3) is 38.7. The molecule has 4 fully saturated rings. The Morgan fingerprint density at radius 1 is 0.563 bits per heavy atom. The molecule has 32 nitrogen and oxygen atoms in total. The highest BCUT2D eigenvalue weighted by Gasteiger charge is 2.41. The number of nitrogens with one attached hydrogen (secondary N) is 1. The zero-order valence-electron chi connectivity index (χ0n) is 63.8. The van der Waals surface area contributed by atoms with E-state index in [0.717, 1.165) is 18.4 Å². The lowest BCUT2D eigenvalue weighted by Crippen LogP contribution is -2.47. The van der Waals surface area contributed by atoms with Crippen LogP contribution in [0.3, 0.4) is 0 Å². The Hall–Kier alpha value is -6.79. The van der Waals surface area contributed by atoms with Gasteiger partial charge in [0, 0.05) is 44.0 Å². The molecule has 3 aromatic heterocycles. The zero-order valence-corrected chi connectivity index (χ0v) is 65.4. The number of aliphatic hydroxyl groups is 1. The first-order valence-corrected chi connectivity index (χ1v) is 36.3. The Bertz CT molecular complexity index is 3370. The van der Waals surface area contributed by atoms with Gasteiger partial charge >= 0.3 is 35.5 Å². The highest BCUT2D eigenvalue weighted by atomic mass is 35.7. The van der Waals surface area contributed by atoms with E-state index in [1.165, 1.54) is 41.3 Å². The number of aromatic amines is 1. The van der Waals surface area contributed by atoms with Gasteiger partial charge in [-0.15, -0.1) is 5.10 Å². The third-order valence-corrected chi connectivity index (χ3v) is 15.2. The highest BCUT2D eigenvalue weighted by Crippen LogP contribution is 2.34. The number of hydrogen-bond acceptors (Lipinski definition) is 27. The van der Waals surface area contributed by atoms with E-state index in [9.17, 15) is 47.8 Å². The molecule has 0 radical (unpaired) electrons. The van der Waals surface area contributed by atoms with Crippen molar-refractivity contribution >= 4 is 61.1 Å². The Morgan fingerprint density at radius 3 is 1.17 bits per heavy atom. The first-order chi connectivity index (χ1) is 47.0. The summed E-state index contributed by atoms with van der Waals surface area (Å²) in [6.45, 7) is 41.4. The number of nitrogens with two attached hydrogens (primary N) is 1. The van der Waals surface area contributed by atoms with Gasteiger partial charge < -0.3 is 87.9 Å². The SMILES string of the molecule is CC(C)(C)OC(=O)C[C@H]1C[C@@H](CO)OC(C)(C)O1.CC(C)(C)OC(=O)C[C@H]1C[C@@H](Cn2ccc(N)n2)OC(C)(C)O1.CC(C)(C)OC(=O)C[C@H]1C[C@@H](Cn2ccc([N+](=O)[O-])n2)OC(C)(C)O1.CC[C@@H]1C[C@H](CC(=O)OC(C)(C)C)OC(C)(C)O1.Cc1ccc(S(=O)(=O)Cl)cc1.O=[N+]([O-])c1ccn[nH]1.[HH]. The summed E-state index contributed by atoms with van der Waals surface area (Å²) >= 11 is 0. The number of nitrogen functional groups attached to an aromatic ring is 1. The molecule has 8 atom stereocenters. The van der Waals surface area contributed by atoms with Crippen LogP contribution in [0.5, 0.6) is 0 Å². The average Bonchev–Trinajstić information content (AvgIpc) is 1.11. The number of rotatable bonds is 17. The maximum absolute atomic E-state index is 12.0. The predicted octanol–water partition coefficient (Wildman–Crippen LogP) is 11.7. The Morgan fingerprint density at radius 2 is 0.893 bits per heavy atom. The predicted molar refractivity (Wildman–Crippen MR) is 380 cm³/mol. The molecule has 1 aromatic carbocycles. The highest BCUT2D eigenvalue weighted by molar-refractivity contribution is 8.13. The number of nitro groups is 2. The second-order valence-corrected chi connectivity index (χ2v) is 33.3. The first-order valence-electron chi connectivity index (χ1n) is 34.0. The van der Waals surface area contributed by atoms with Crippen LogP contribution >= 0.6 is 10.7 Å². The number of carbonyl (C=O) groups is 4. The van der Waals surface area contributed by atoms with E-state index in [4.69, 9.17) is 78.4 Å². The number of H-pyrrole nitrogens is 1. The van der Waals surface area contributed by atoms with Crippen LogP contribution < -0.4 is 5.73 Å². The molecule has 0 unspecified atom stereocenters. The van der Waals surface area contributed by atoms with Crippen LogP contribution in [0.4, 0.5) is 17.5 Å². The summed E-state index contributed by atoms with van der Waals surface area (Å²) in [7, 11) is 1.54. The van der Waals surface area contributed by atoms with Crippen LogP contribution in [0.25, 0.3) is 0 Å². The zero-order chi connectivity index (χ0) is 78.5. The topological polar surface area (TPSA) is 410 Å². The Kier molecular flexibility index (Phi) is 33.8. The molecule has 4 saturated heterocycles. The van der Waals surface area contributed by atoms with Crippen LogP contribution in [-0.4, -0.2) is 178 Å². The summed E-state index contributed by atoms with van der Waals surface area (Å²) in [6.07, 6.45) is 7.21. The van der Waals surface area contributed by atoms with E-state index < -0.39 is 64.5 Å². The number of benzene rings is 1. The van der Waals surface area contributed by atoms with Gasteiger partial charge in [0.2, 0.25) is 0 Å². The number of aromatic nitrogens is 6. The van der Waals surface area contributed by atoms with Crippen molar-refractivity contribution in [2.24, 2.45) is 0 Å². The minimum atomic E-state index is -3.55. The maximum Gasteiger partial charge on any atom is 0.389 e. The largest absolute Gasteiger partial charge is 0.460 e. The molecule has 0 aliphatic carbocycles. The normalized spacial score (nSPS) is 22.8. The fourth-order valence-electron chi connectivity index (χ4n) is 10.7. The number of hydrogen-bond donors (Lipinski definition) is 3. The molecule has 34 heteroatoms. The van der Waals surface area contributed by atoms with Crippen molar-refractivity contribution in [2.75, 3.05) is 12.3 Å². The summed E-state index contributed by atoms with van der Waals surface area (Å²) in [5.41, 5.74) is 4.66. The summed E-state index contributed by atoms with van der Waals surface area (Å²) in [4.78, 5) is 67.2. The molecule has 586 valence electrons. The minimum Gasteiger partial charge on any atom is -0.460 e. The van der Waals surface area contributed by atoms with Gasteiger partial charge in [-0.05, 0) is 180 Å². The van der Waals surface area contributed by atoms with Crippen molar-refractivity contribution in [3.8, 4) is 0 Å². The average molecular weight is 1510 g/mol. The van der Waals surface area contributed by atoms with E-state index in [0.29, 0.717) is 44.6 Å². The second-order valence-electron chi connectivity index (χ2n) is 30.8. The molecule has 103 heavy (non-hydrogen) atoms. The quantitative estimate of drug-likeness (QED) is 0.0290. The summed E-state index contributed by atoms with van der Waals surface area (Å²) in [5.74, 6) is -3.93. The number of nitrogens with zero attached hydrogens (tertiary/aromatic N) is 7. The fourth-order valence-corrected chi connectivity index (χ4v) is 11.5. The Labute approximate surface area is 610 Å². The van der Waals surface area contributed by atoms with E-state index >= 15 is 0 Å². The standard InChI is InChI=1S/C16H25N3O6.C16H27N3O4.C14H26O4.C13H24O5.C7H7ClO2S.C3H3N3O2.H2/c1-15(2,3)25-14(20)9-11-8-12(24-16(4,5)23-11)10-18-7-6-13(17-18)19(21)22;1-15(2,3)23-14(20)9-11-8-12(22-16(4,5)21-11)10-19-7-6-13(17)18-19;1-7-10-8-11(17-14(5,6)16-10)9-12(15)18-13(2,3)4;1-12(2,3)18-11(15)7-9-6-10(8-14)17-13(4,5)16-9;1-6-2-4-7(5-3-6)11(8,9)10;7-6(8)3-1-2-4-5-3;/h6-7,11-12H,8-10H2,1-5H3;6-7,11-12H,8-10H2,1-5H3,(H2,17,18);10-11H,7-9H2,1-6H3;9-10,14H,6-8H2,1-5H3;2-5H,1H3;1-2H,(H,4,5);1H/t2*11-,12+;10-,11-;9-,10+;;;/m1111.../s1. The van der Waals surface area contributed by atoms with Gasteiger partial charge in [-0.1, -0.05) is 29.7 Å². The van der Waals surface area contributed by atoms with E-state index in [-0.39, 0.29) is 117 Å². The van der Waals surface area contributed by atoms with Crippen molar-refractivity contribution < 1.29 is 101 Å². The summed E-state index contributed by atoms with van der Waals surface area (Å²) < 4.78 is 92.1. The molecule has 8 rings (SSSR count). The van der Waals surface area contributed by atoms with Crippen LogP contribution in [0, 0.1) is 27.2 Å². The van der Waals surface area contributed by atoms with Crippen molar-refractivity contribution in [1.82, 2.24) is 29.8 Å². The van der Waals surface area contributed by atoms with E-state index in [1.807, 2.05) is 124 Å². The monoisotopic (exact) mass is 1500 g/mol. The van der Waals surface area contributed by atoms with Crippen molar-refractivity contribution in [3.63, 3.8) is 0 Å². The molecule has 0 saturated carbocycles. The first kappa shape index (κ1) is 90.4. The van der Waals surface area contributed by atoms with Crippen LogP contribution in [0.2, 0.25) is 0 Å². The maximum atomic E-state index is 12.0. The molecule has 4 N–H and O–H groups in total. The number of carbonyl (C=O) groups excluding carboxylic acids is 4. The molecule has 0 amide bonds. The second kappa shape index (κ2) is 38.5. The van der Waals surface area contributed by atoms with Gasteiger partial charge in [0.1, 0.15) is 28.2 Å². The number of halogens is 1. The van der Waals surface area contributed by atoms with Crippen molar-refractivity contribution in [3.05, 3.63) is 86.8 Å². The smallest absolute Gasteiger partial charge is 0.389 e. The molecule has 4 aliphatic heterocycles. The number of aliphatic hydroxyl groups excluding tert-OH is 1. The van der Waals surface area contributed by atoms with Gasteiger partial charge in [0.05, 0.1) is 129 Å². The fraction of sp³-hybridized carbons (Fsp3) is 0.725. The molecular weight excluding hydrogens is 1390 g/mol. The van der Waals surface area contributed by atoms with Gasteiger partial charge in [-0.3, -0.25) is 23.9 Å². The van der Waals surface area contributed by atoms with Gasteiger partial charge in [0.25, 0.3) is 9.05 Å². The van der Waals surface area contributed by atoms with Gasteiger partial charge in [-0.2, -0.15) is 9.78 Å². The molecule has 4 aromatic rings. The minimum absolute atomic E-state index is 0. The number of anilines is 1. The lowest BCUT2D eigenvalue weighted by Gasteiger charge is -2.40. The van der Waals surface area contributed by atoms with Crippen LogP contribution in [0.15, 0.2) is 66.0 Å². The number of esters is 4. The molecule has 0 spiro atoms. The summed E-state index contributed by atoms with van der Waals surface area (Å²) in [6, 6.07) is 10.7. The van der Waals surface area contributed by atoms with Crippen LogP contribution in [-0.2, 0) is 98.2 Å². The van der Waals surface area contributed by atoms with Crippen molar-refractivity contribution in [2.45, 2.75) is 322 Å². The van der Waals surface area contributed by atoms with Gasteiger partial charge in [-0.25, -0.2) is 8.42 Å². The number of aryl methyl sites for hydroxylation is 1. The molecular formula is C69H114ClN9O23S. The molecule has 4 aliphatic rings. The van der Waals surface area contributed by atoms with E-state index in [1.54, 1.807) is 50.6 Å². The lowest BCUT2D eigenvalue weighted by molar-refractivity contribution is -0.389. The van der Waals surface area contributed by atoms with Gasteiger partial charge in [0.15, 0.2) is 23.1 Å².